The van der Waals surface area contributed by atoms with Crippen molar-refractivity contribution in [2.24, 2.45) is 4.99 Å². The highest BCUT2D eigenvalue weighted by molar-refractivity contribution is 14.0. The van der Waals surface area contributed by atoms with Crippen molar-refractivity contribution in [2.75, 3.05) is 36.9 Å². The zero-order valence-corrected chi connectivity index (χ0v) is 19.7. The minimum atomic E-state index is -0.172. The summed E-state index contributed by atoms with van der Waals surface area (Å²) in [7, 11) is 0. The number of fused-ring (bicyclic) bond motifs is 1. The number of anilines is 2. The topological polar surface area (TPSA) is 84.0 Å². The molecule has 0 fully saturated rings. The fourth-order valence-electron chi connectivity index (χ4n) is 2.91. The fraction of sp³-hybridized carbons (Fsp3) is 0.364. The highest BCUT2D eigenvalue weighted by Crippen LogP contribution is 2.32. The van der Waals surface area contributed by atoms with Crippen LogP contribution in [0.5, 0.6) is 11.5 Å². The lowest BCUT2D eigenvalue weighted by Gasteiger charge is -2.14. The molecule has 0 aliphatic carbocycles. The number of aliphatic imine (C=N–C) groups is 1. The number of guanidine groups is 1. The van der Waals surface area contributed by atoms with E-state index in [0.717, 1.165) is 30.0 Å². The van der Waals surface area contributed by atoms with Gasteiger partial charge in [-0.1, -0.05) is 19.1 Å². The smallest absolute Gasteiger partial charge is 0.246 e. The molecule has 0 bridgehead atoms. The molecule has 1 aliphatic rings. The van der Waals surface area contributed by atoms with E-state index in [1.165, 1.54) is 5.56 Å². The molecule has 3 rings (SSSR count). The van der Waals surface area contributed by atoms with Gasteiger partial charge in [0.05, 0.1) is 13.2 Å². The van der Waals surface area contributed by atoms with E-state index in [-0.39, 0.29) is 36.4 Å². The van der Waals surface area contributed by atoms with Gasteiger partial charge in [0.15, 0.2) is 17.5 Å². The van der Waals surface area contributed by atoms with Gasteiger partial charge in [-0.05, 0) is 43.2 Å². The van der Waals surface area contributed by atoms with Gasteiger partial charge in [-0.15, -0.1) is 24.0 Å². The van der Waals surface area contributed by atoms with Crippen molar-refractivity contribution in [3.05, 3.63) is 48.0 Å². The SMILES string of the molecule is CCNC(=NCC(=O)Nc1cccc(CC)c1)Nc1ccc2c(c1)OCCCO2.I. The van der Waals surface area contributed by atoms with Crippen LogP contribution in [-0.4, -0.2) is 38.2 Å². The van der Waals surface area contributed by atoms with Gasteiger partial charge in [0.25, 0.3) is 0 Å². The van der Waals surface area contributed by atoms with Crippen molar-refractivity contribution in [2.45, 2.75) is 26.7 Å². The molecule has 2 aromatic rings. The van der Waals surface area contributed by atoms with Gasteiger partial charge >= 0.3 is 0 Å². The van der Waals surface area contributed by atoms with Crippen LogP contribution >= 0.6 is 24.0 Å². The average molecular weight is 524 g/mol. The Bertz CT molecular complexity index is 873. The summed E-state index contributed by atoms with van der Waals surface area (Å²) < 4.78 is 11.4. The Kier molecular flexibility index (Phi) is 9.72. The quantitative estimate of drug-likeness (QED) is 0.302. The second-order valence-corrected chi connectivity index (χ2v) is 6.63. The van der Waals surface area contributed by atoms with E-state index in [1.54, 1.807) is 0 Å². The third kappa shape index (κ3) is 7.08. The highest BCUT2D eigenvalue weighted by Gasteiger charge is 2.11. The van der Waals surface area contributed by atoms with Gasteiger partial charge in [-0.25, -0.2) is 4.99 Å². The van der Waals surface area contributed by atoms with E-state index < -0.39 is 0 Å². The summed E-state index contributed by atoms with van der Waals surface area (Å²) in [6.45, 7) is 6.03. The Hall–Kier alpha value is -2.49. The first kappa shape index (κ1) is 23.8. The maximum atomic E-state index is 12.3. The van der Waals surface area contributed by atoms with Crippen LogP contribution in [0.1, 0.15) is 25.8 Å². The molecule has 0 spiro atoms. The number of benzene rings is 2. The number of nitrogens with one attached hydrogen (secondary N) is 3. The first-order chi connectivity index (χ1) is 14.2. The number of carbonyl (C=O) groups is 1. The maximum Gasteiger partial charge on any atom is 0.246 e. The molecule has 0 unspecified atom stereocenters. The third-order valence-corrected chi connectivity index (χ3v) is 4.35. The number of hydrogen-bond donors (Lipinski definition) is 3. The Balaban J connectivity index is 0.00000320. The summed E-state index contributed by atoms with van der Waals surface area (Å²) in [5.41, 5.74) is 2.77. The van der Waals surface area contributed by atoms with Gasteiger partial charge in [0.1, 0.15) is 6.54 Å². The fourth-order valence-corrected chi connectivity index (χ4v) is 2.91. The molecule has 162 valence electrons. The second-order valence-electron chi connectivity index (χ2n) is 6.63. The molecule has 1 heterocycles. The lowest BCUT2D eigenvalue weighted by molar-refractivity contribution is -0.114. The average Bonchev–Trinajstić information content (AvgIpc) is 2.97. The predicted octanol–water partition coefficient (Wildman–Crippen LogP) is 4.04. The Labute approximate surface area is 194 Å². The molecule has 7 nitrogen and oxygen atoms in total. The van der Waals surface area contributed by atoms with E-state index >= 15 is 0 Å². The van der Waals surface area contributed by atoms with Gasteiger partial charge in [0, 0.05) is 30.4 Å². The van der Waals surface area contributed by atoms with Crippen molar-refractivity contribution in [1.29, 1.82) is 0 Å². The Morgan fingerprint density at radius 3 is 2.53 bits per heavy atom. The van der Waals surface area contributed by atoms with Crippen LogP contribution in [0.15, 0.2) is 47.5 Å². The maximum absolute atomic E-state index is 12.3. The lowest BCUT2D eigenvalue weighted by atomic mass is 10.1. The van der Waals surface area contributed by atoms with Crippen molar-refractivity contribution in [3.63, 3.8) is 0 Å². The molecule has 0 radical (unpaired) electrons. The number of rotatable bonds is 6. The summed E-state index contributed by atoms with van der Waals surface area (Å²) in [5, 5.41) is 9.25. The molecule has 2 aromatic carbocycles. The highest BCUT2D eigenvalue weighted by atomic mass is 127. The normalized spacial score (nSPS) is 12.9. The first-order valence-corrected chi connectivity index (χ1v) is 10.0. The molecule has 1 amide bonds. The van der Waals surface area contributed by atoms with Crippen LogP contribution in [0.2, 0.25) is 0 Å². The number of amides is 1. The van der Waals surface area contributed by atoms with E-state index in [4.69, 9.17) is 9.47 Å². The van der Waals surface area contributed by atoms with Gasteiger partial charge < -0.3 is 25.4 Å². The molecule has 0 atom stereocenters. The van der Waals surface area contributed by atoms with Crippen molar-refractivity contribution >= 4 is 47.2 Å². The predicted molar refractivity (Wildman–Crippen MR) is 132 cm³/mol. The number of carbonyl (C=O) groups excluding carboxylic acids is 1. The van der Waals surface area contributed by atoms with E-state index in [1.807, 2.05) is 49.4 Å². The summed E-state index contributed by atoms with van der Waals surface area (Å²) in [6.07, 6.45) is 1.78. The van der Waals surface area contributed by atoms with Crippen molar-refractivity contribution < 1.29 is 14.3 Å². The lowest BCUT2D eigenvalue weighted by Crippen LogP contribution is -2.31. The van der Waals surface area contributed by atoms with Crippen molar-refractivity contribution in [3.8, 4) is 11.5 Å². The molecule has 8 heteroatoms. The third-order valence-electron chi connectivity index (χ3n) is 4.35. The minimum absolute atomic E-state index is 0. The standard InChI is InChI=1S/C22H28N4O3.HI/c1-3-16-7-5-8-17(13-16)25-21(27)15-24-22(23-4-2)26-18-9-10-19-20(14-18)29-12-6-11-28-19;/h5,7-10,13-14H,3-4,6,11-12,15H2,1-2H3,(H,25,27)(H2,23,24,26);1H. The second kappa shape index (κ2) is 12.3. The summed E-state index contributed by atoms with van der Waals surface area (Å²) in [4.78, 5) is 16.7. The van der Waals surface area contributed by atoms with E-state index in [0.29, 0.717) is 31.5 Å². The molecular formula is C22H29IN4O3. The van der Waals surface area contributed by atoms with Crippen molar-refractivity contribution in [1.82, 2.24) is 5.32 Å². The number of nitrogens with zero attached hydrogens (tertiary/aromatic N) is 1. The van der Waals surface area contributed by atoms with Gasteiger partial charge in [-0.2, -0.15) is 0 Å². The summed E-state index contributed by atoms with van der Waals surface area (Å²) in [6, 6.07) is 13.5. The molecule has 30 heavy (non-hydrogen) atoms. The van der Waals surface area contributed by atoms with Crippen LogP contribution in [0.25, 0.3) is 0 Å². The molecule has 3 N–H and O–H groups in total. The van der Waals surface area contributed by atoms with Crippen LogP contribution in [0.3, 0.4) is 0 Å². The zero-order valence-electron chi connectivity index (χ0n) is 17.4. The number of ether oxygens (including phenoxy) is 2. The number of aryl methyl sites for hydroxylation is 1. The monoisotopic (exact) mass is 524 g/mol. The zero-order chi connectivity index (χ0) is 20.5. The Morgan fingerprint density at radius 1 is 1.00 bits per heavy atom. The molecule has 0 aromatic heterocycles. The number of halogens is 1. The van der Waals surface area contributed by atoms with Crippen LogP contribution in [0, 0.1) is 0 Å². The number of hydrogen-bond acceptors (Lipinski definition) is 4. The van der Waals surface area contributed by atoms with Crippen LogP contribution in [-0.2, 0) is 11.2 Å². The van der Waals surface area contributed by atoms with Crippen LogP contribution in [0.4, 0.5) is 11.4 Å². The summed E-state index contributed by atoms with van der Waals surface area (Å²) >= 11 is 0. The molecule has 0 saturated carbocycles. The molecular weight excluding hydrogens is 495 g/mol. The van der Waals surface area contributed by atoms with E-state index in [9.17, 15) is 4.79 Å². The van der Waals surface area contributed by atoms with Crippen LogP contribution < -0.4 is 25.4 Å². The molecule has 1 aliphatic heterocycles. The first-order valence-electron chi connectivity index (χ1n) is 10.0. The minimum Gasteiger partial charge on any atom is -0.490 e. The summed E-state index contributed by atoms with van der Waals surface area (Å²) in [5.74, 6) is 1.80. The molecule has 0 saturated heterocycles. The van der Waals surface area contributed by atoms with Gasteiger partial charge in [-0.3, -0.25) is 4.79 Å². The largest absolute Gasteiger partial charge is 0.490 e. The van der Waals surface area contributed by atoms with Gasteiger partial charge in [0.2, 0.25) is 5.91 Å². The Morgan fingerprint density at radius 2 is 1.77 bits per heavy atom. The van der Waals surface area contributed by atoms with E-state index in [2.05, 4.69) is 27.9 Å².